The van der Waals surface area contributed by atoms with E-state index in [9.17, 15) is 13.5 Å². The van der Waals surface area contributed by atoms with Gasteiger partial charge in [0.2, 0.25) is 0 Å². The molecule has 8 nitrogen and oxygen atoms in total. The molecule has 0 radical (unpaired) electrons. The molecule has 35 heavy (non-hydrogen) atoms. The van der Waals surface area contributed by atoms with E-state index in [1.807, 2.05) is 46.5 Å². The smallest absolute Gasteiger partial charge is 0.284 e. The van der Waals surface area contributed by atoms with Crippen LogP contribution in [0, 0.1) is 5.92 Å². The molecule has 0 saturated carbocycles. The molecule has 10 heteroatoms. The van der Waals surface area contributed by atoms with E-state index < -0.39 is 16.1 Å². The van der Waals surface area contributed by atoms with Crippen molar-refractivity contribution in [3.63, 3.8) is 0 Å². The molecule has 0 bridgehead atoms. The second-order valence-electron chi connectivity index (χ2n) is 8.38. The average molecular weight is 510 g/mol. The third kappa shape index (κ3) is 5.77. The molecule has 0 fully saturated rings. The van der Waals surface area contributed by atoms with Crippen molar-refractivity contribution in [3.8, 4) is 22.0 Å². The Morgan fingerprint density at radius 3 is 2.51 bits per heavy atom. The maximum Gasteiger partial charge on any atom is 0.284 e. The maximum atomic E-state index is 12.9. The summed E-state index contributed by atoms with van der Waals surface area (Å²) in [6.07, 6.45) is 5.03. The number of benzene rings is 2. The Labute approximate surface area is 208 Å². The quantitative estimate of drug-likeness (QED) is 0.263. The van der Waals surface area contributed by atoms with Gasteiger partial charge in [-0.3, -0.25) is 0 Å². The molecule has 0 amide bonds. The lowest BCUT2D eigenvalue weighted by atomic mass is 9.97. The van der Waals surface area contributed by atoms with Gasteiger partial charge < -0.3 is 14.4 Å². The van der Waals surface area contributed by atoms with E-state index in [1.54, 1.807) is 18.5 Å². The molecule has 4 rings (SSSR count). The third-order valence-corrected chi connectivity index (χ3v) is 7.36. The third-order valence-electron chi connectivity index (χ3n) is 5.29. The second-order valence-corrected chi connectivity index (χ2v) is 10.8. The number of methoxy groups -OCH3 is 1. The van der Waals surface area contributed by atoms with Gasteiger partial charge in [0, 0.05) is 36.1 Å². The molecule has 2 heterocycles. The molecule has 0 spiro atoms. The largest absolute Gasteiger partial charge is 0.603 e. The van der Waals surface area contributed by atoms with Crippen LogP contribution in [0.2, 0.25) is 0 Å². The minimum Gasteiger partial charge on any atom is -0.603 e. The number of hydrogen-bond acceptors (Lipinski definition) is 7. The van der Waals surface area contributed by atoms with Crippen LogP contribution in [0.15, 0.2) is 75.7 Å². The van der Waals surface area contributed by atoms with E-state index in [2.05, 4.69) is 33.0 Å². The van der Waals surface area contributed by atoms with E-state index in [4.69, 9.17) is 0 Å². The van der Waals surface area contributed by atoms with Crippen LogP contribution in [-0.2, 0) is 27.7 Å². The lowest BCUT2D eigenvalue weighted by Gasteiger charge is -2.14. The molecule has 2 aromatic heterocycles. The first-order valence-electron chi connectivity index (χ1n) is 11.0. The Kier molecular flexibility index (Phi) is 7.32. The van der Waals surface area contributed by atoms with E-state index in [0.29, 0.717) is 23.6 Å². The summed E-state index contributed by atoms with van der Waals surface area (Å²) in [5.74, 6) is 1.19. The zero-order valence-electron chi connectivity index (χ0n) is 19.6. The molecule has 0 aliphatic heterocycles. The molecule has 0 saturated heterocycles. The highest BCUT2D eigenvalue weighted by Gasteiger charge is 2.20. The minimum atomic E-state index is -4.25. The maximum absolute atomic E-state index is 12.9. The lowest BCUT2D eigenvalue weighted by molar-refractivity contribution is -0.246. The first-order valence-corrected chi connectivity index (χ1v) is 13.3. The highest BCUT2D eigenvalue weighted by molar-refractivity contribution is 7.90. The lowest BCUT2D eigenvalue weighted by Crippen LogP contribution is -2.21. The summed E-state index contributed by atoms with van der Waals surface area (Å²) in [5.41, 5.74) is 3.23. The molecule has 0 N–H and O–H groups in total. The Hall–Kier alpha value is -3.50. The zero-order valence-corrected chi connectivity index (χ0v) is 21.2. The van der Waals surface area contributed by atoms with Crippen LogP contribution in [0.25, 0.3) is 22.0 Å². The predicted octanol–water partition coefficient (Wildman–Crippen LogP) is 3.97. The summed E-state index contributed by atoms with van der Waals surface area (Å²) < 4.78 is 35.5. The predicted molar refractivity (Wildman–Crippen MR) is 134 cm³/mol. The van der Waals surface area contributed by atoms with Gasteiger partial charge in [-0.15, -0.1) is 15.7 Å². The number of imidazole rings is 1. The van der Waals surface area contributed by atoms with Gasteiger partial charge in [0.25, 0.3) is 10.0 Å². The SMILES string of the molecule is CO/C([O-])=N/S(=O)(=O)c1ccc(CC(C)C)cc1-c1ccc(Cn2ccnc2-c2nccs2)cc1. The Balaban J connectivity index is 1.69. The highest BCUT2D eigenvalue weighted by atomic mass is 32.2. The van der Waals surface area contributed by atoms with Crippen LogP contribution in [0.3, 0.4) is 0 Å². The van der Waals surface area contributed by atoms with Crippen LogP contribution in [0.4, 0.5) is 0 Å². The summed E-state index contributed by atoms with van der Waals surface area (Å²) in [7, 11) is -3.16. The Bertz CT molecular complexity index is 1420. The van der Waals surface area contributed by atoms with Gasteiger partial charge in [0.1, 0.15) is 0 Å². The van der Waals surface area contributed by atoms with Crippen molar-refractivity contribution in [1.82, 2.24) is 14.5 Å². The number of rotatable bonds is 8. The van der Waals surface area contributed by atoms with Crippen molar-refractivity contribution < 1.29 is 18.3 Å². The fraction of sp³-hybridized carbons (Fsp3) is 0.240. The summed E-state index contributed by atoms with van der Waals surface area (Å²) >= 11 is 1.53. The zero-order chi connectivity index (χ0) is 25.0. The summed E-state index contributed by atoms with van der Waals surface area (Å²) in [4.78, 5) is 8.72. The van der Waals surface area contributed by atoms with Crippen LogP contribution in [-0.4, -0.2) is 36.1 Å². The van der Waals surface area contributed by atoms with Gasteiger partial charge in [0.05, 0.1) is 4.90 Å². The standard InChI is InChI=1S/C25H26N4O4S2/c1-17(2)14-19-6-9-22(35(31,32)28-25(30)33-3)21(15-19)20-7-4-18(5-8-20)16-29-12-10-26-23(29)24-27-11-13-34-24/h4-13,15,17H,14,16H2,1-3H3,(H,28,30)/p-1. The van der Waals surface area contributed by atoms with Gasteiger partial charge in [-0.2, -0.15) is 8.42 Å². The van der Waals surface area contributed by atoms with Crippen molar-refractivity contribution in [3.05, 3.63) is 77.6 Å². The van der Waals surface area contributed by atoms with Gasteiger partial charge in [0.15, 0.2) is 16.9 Å². The Morgan fingerprint density at radius 1 is 1.11 bits per heavy atom. The highest BCUT2D eigenvalue weighted by Crippen LogP contribution is 2.31. The molecule has 182 valence electrons. The molecule has 2 aromatic carbocycles. The number of aromatic nitrogens is 3. The van der Waals surface area contributed by atoms with Crippen LogP contribution in [0.5, 0.6) is 0 Å². The van der Waals surface area contributed by atoms with Crippen molar-refractivity contribution in [2.24, 2.45) is 10.3 Å². The van der Waals surface area contributed by atoms with E-state index >= 15 is 0 Å². The number of nitrogens with zero attached hydrogens (tertiary/aromatic N) is 4. The topological polar surface area (TPSA) is 110 Å². The average Bonchev–Trinajstić information content (AvgIpc) is 3.50. The van der Waals surface area contributed by atoms with Crippen LogP contribution in [0.1, 0.15) is 25.0 Å². The Morgan fingerprint density at radius 2 is 1.86 bits per heavy atom. The monoisotopic (exact) mass is 509 g/mol. The normalized spacial score (nSPS) is 12.3. The van der Waals surface area contributed by atoms with Gasteiger partial charge in [-0.05, 0) is 48.3 Å². The fourth-order valence-corrected chi connectivity index (χ4v) is 5.48. The summed E-state index contributed by atoms with van der Waals surface area (Å²) in [6, 6.07) is 12.8. The molecule has 0 aliphatic carbocycles. The molecule has 0 unspecified atom stereocenters. The van der Waals surface area contributed by atoms with Crippen LogP contribution < -0.4 is 5.11 Å². The van der Waals surface area contributed by atoms with Crippen molar-refractivity contribution in [2.75, 3.05) is 7.11 Å². The van der Waals surface area contributed by atoms with Crippen molar-refractivity contribution in [2.45, 2.75) is 31.7 Å². The van der Waals surface area contributed by atoms with E-state index in [0.717, 1.165) is 35.5 Å². The molecule has 0 aliphatic rings. The number of hydrogen-bond donors (Lipinski definition) is 0. The molecule has 4 aromatic rings. The number of sulfonamides is 1. The molecular formula is C25H25N4O4S2-. The van der Waals surface area contributed by atoms with Gasteiger partial charge in [-0.25, -0.2) is 9.97 Å². The van der Waals surface area contributed by atoms with Crippen LogP contribution >= 0.6 is 11.3 Å². The fourth-order valence-electron chi connectivity index (χ4n) is 3.77. The second kappa shape index (κ2) is 10.4. The van der Waals surface area contributed by atoms with E-state index in [-0.39, 0.29) is 4.90 Å². The first-order chi connectivity index (χ1) is 16.8. The van der Waals surface area contributed by atoms with Crippen molar-refractivity contribution >= 4 is 27.4 Å². The molecule has 0 atom stereocenters. The number of thiazole rings is 1. The van der Waals surface area contributed by atoms with E-state index in [1.165, 1.54) is 17.4 Å². The minimum absolute atomic E-state index is 0.0381. The molecular weight excluding hydrogens is 484 g/mol. The summed E-state index contributed by atoms with van der Waals surface area (Å²) in [5, 5.41) is 14.3. The van der Waals surface area contributed by atoms with Gasteiger partial charge in [-0.1, -0.05) is 44.2 Å². The van der Waals surface area contributed by atoms with Gasteiger partial charge >= 0.3 is 0 Å². The van der Waals surface area contributed by atoms with Crippen molar-refractivity contribution in [1.29, 1.82) is 0 Å². The summed E-state index contributed by atoms with van der Waals surface area (Å²) in [6.45, 7) is 4.79. The number of ether oxygens (including phenoxy) is 1. The first kappa shape index (κ1) is 24.6.